The Labute approximate surface area is 90.0 Å². The molecule has 0 aromatic heterocycles. The van der Waals surface area contributed by atoms with Gasteiger partial charge in [-0.25, -0.2) is 0 Å². The van der Waals surface area contributed by atoms with E-state index in [9.17, 15) is 4.79 Å². The van der Waals surface area contributed by atoms with Crippen LogP contribution >= 0.6 is 0 Å². The fraction of sp³-hybridized carbons (Fsp3) is 0.909. The molecule has 0 radical (unpaired) electrons. The first-order valence-corrected chi connectivity index (χ1v) is 5.72. The third-order valence-corrected chi connectivity index (χ3v) is 3.52. The van der Waals surface area contributed by atoms with Crippen LogP contribution in [-0.2, 0) is 9.53 Å². The fourth-order valence-electron chi connectivity index (χ4n) is 1.95. The van der Waals surface area contributed by atoms with Crippen LogP contribution in [-0.4, -0.2) is 37.4 Å². The molecule has 4 heteroatoms. The second kappa shape index (κ2) is 4.49. The van der Waals surface area contributed by atoms with Crippen molar-refractivity contribution in [1.29, 1.82) is 0 Å². The Morgan fingerprint density at radius 2 is 2.07 bits per heavy atom. The van der Waals surface area contributed by atoms with Crippen LogP contribution in [0.15, 0.2) is 0 Å². The van der Waals surface area contributed by atoms with Crippen LogP contribution in [0.25, 0.3) is 0 Å². The van der Waals surface area contributed by atoms with Crippen LogP contribution in [0, 0.1) is 11.3 Å². The minimum atomic E-state index is 0.0147. The topological polar surface area (TPSA) is 58.6 Å². The van der Waals surface area contributed by atoms with Crippen LogP contribution in [0.5, 0.6) is 0 Å². The van der Waals surface area contributed by atoms with Crippen LogP contribution < -0.4 is 5.32 Å². The van der Waals surface area contributed by atoms with E-state index in [1.165, 1.54) is 0 Å². The highest BCUT2D eigenvalue weighted by Gasteiger charge is 2.42. The van der Waals surface area contributed by atoms with Gasteiger partial charge in [-0.2, -0.15) is 0 Å². The lowest BCUT2D eigenvalue weighted by Crippen LogP contribution is -2.38. The lowest BCUT2D eigenvalue weighted by atomic mass is 9.99. The molecule has 15 heavy (non-hydrogen) atoms. The van der Waals surface area contributed by atoms with Gasteiger partial charge in [-0.3, -0.25) is 4.79 Å². The molecule has 4 nitrogen and oxygen atoms in total. The summed E-state index contributed by atoms with van der Waals surface area (Å²) in [6.45, 7) is 2.23. The molecule has 1 saturated carbocycles. The Kier molecular flexibility index (Phi) is 3.26. The first kappa shape index (κ1) is 10.9. The van der Waals surface area contributed by atoms with E-state index < -0.39 is 0 Å². The molecule has 0 spiro atoms. The third kappa shape index (κ3) is 2.69. The molecule has 2 fully saturated rings. The average Bonchev–Trinajstić information content (AvgIpc) is 3.08. The monoisotopic (exact) mass is 213 g/mol. The maximum absolute atomic E-state index is 11.7. The third-order valence-electron chi connectivity index (χ3n) is 3.52. The molecule has 0 aromatic rings. The van der Waals surface area contributed by atoms with Gasteiger partial charge >= 0.3 is 0 Å². The van der Waals surface area contributed by atoms with E-state index >= 15 is 0 Å². The van der Waals surface area contributed by atoms with Crippen molar-refractivity contribution in [3.05, 3.63) is 0 Å². The molecular formula is C11H19NO3. The number of carbonyl (C=O) groups is 1. The highest BCUT2D eigenvalue weighted by Crippen LogP contribution is 2.44. The smallest absolute Gasteiger partial charge is 0.223 e. The summed E-state index contributed by atoms with van der Waals surface area (Å²) < 4.78 is 5.21. The molecule has 1 amide bonds. The summed E-state index contributed by atoms with van der Waals surface area (Å²) in [5.41, 5.74) is 0.0147. The molecule has 2 aliphatic rings. The SMILES string of the molecule is O=C(NCC1(CO)CC1)C1CCOCC1. The van der Waals surface area contributed by atoms with Gasteiger partial charge in [0.25, 0.3) is 0 Å². The van der Waals surface area contributed by atoms with Gasteiger partial charge in [0.05, 0.1) is 6.61 Å². The highest BCUT2D eigenvalue weighted by molar-refractivity contribution is 5.78. The van der Waals surface area contributed by atoms with Gasteiger partial charge in [0.2, 0.25) is 5.91 Å². The number of hydrogen-bond donors (Lipinski definition) is 2. The van der Waals surface area contributed by atoms with E-state index in [4.69, 9.17) is 9.84 Å². The summed E-state index contributed by atoms with van der Waals surface area (Å²) in [7, 11) is 0. The quantitative estimate of drug-likeness (QED) is 0.706. The van der Waals surface area contributed by atoms with Gasteiger partial charge in [0, 0.05) is 31.1 Å². The second-order valence-electron chi connectivity index (χ2n) is 4.76. The number of hydrogen-bond acceptors (Lipinski definition) is 3. The zero-order chi connectivity index (χ0) is 10.7. The molecule has 0 bridgehead atoms. The van der Waals surface area contributed by atoms with E-state index in [0.29, 0.717) is 19.8 Å². The Balaban J connectivity index is 1.72. The van der Waals surface area contributed by atoms with E-state index in [0.717, 1.165) is 25.7 Å². The molecule has 2 N–H and O–H groups in total. The molecule has 1 aliphatic carbocycles. The summed E-state index contributed by atoms with van der Waals surface area (Å²) in [6.07, 6.45) is 3.74. The second-order valence-corrected chi connectivity index (χ2v) is 4.76. The lowest BCUT2D eigenvalue weighted by Gasteiger charge is -2.22. The number of aliphatic hydroxyl groups is 1. The number of aliphatic hydroxyl groups excluding tert-OH is 1. The van der Waals surface area contributed by atoms with Crippen molar-refractivity contribution >= 4 is 5.91 Å². The number of amides is 1. The number of ether oxygens (including phenoxy) is 1. The van der Waals surface area contributed by atoms with Crippen molar-refractivity contribution in [2.75, 3.05) is 26.4 Å². The van der Waals surface area contributed by atoms with Crippen molar-refractivity contribution in [3.8, 4) is 0 Å². The van der Waals surface area contributed by atoms with Gasteiger partial charge in [-0.05, 0) is 25.7 Å². The summed E-state index contributed by atoms with van der Waals surface area (Å²) >= 11 is 0. The molecule has 1 heterocycles. The Morgan fingerprint density at radius 1 is 1.40 bits per heavy atom. The first-order valence-electron chi connectivity index (χ1n) is 5.72. The van der Waals surface area contributed by atoms with E-state index in [2.05, 4.69) is 5.32 Å². The van der Waals surface area contributed by atoms with E-state index in [1.54, 1.807) is 0 Å². The minimum Gasteiger partial charge on any atom is -0.396 e. The highest BCUT2D eigenvalue weighted by atomic mass is 16.5. The zero-order valence-corrected chi connectivity index (χ0v) is 9.00. The summed E-state index contributed by atoms with van der Waals surface area (Å²) in [5.74, 6) is 0.256. The normalized spacial score (nSPS) is 24.9. The van der Waals surface area contributed by atoms with Crippen molar-refractivity contribution < 1.29 is 14.6 Å². The van der Waals surface area contributed by atoms with Crippen LogP contribution in [0.2, 0.25) is 0 Å². The van der Waals surface area contributed by atoms with E-state index in [-0.39, 0.29) is 23.8 Å². The lowest BCUT2D eigenvalue weighted by molar-refractivity contribution is -0.128. The van der Waals surface area contributed by atoms with Gasteiger partial charge in [-0.15, -0.1) is 0 Å². The average molecular weight is 213 g/mol. The molecular weight excluding hydrogens is 194 g/mol. The van der Waals surface area contributed by atoms with Gasteiger partial charge in [0.1, 0.15) is 0 Å². The Bertz CT molecular complexity index is 232. The number of nitrogens with one attached hydrogen (secondary N) is 1. The zero-order valence-electron chi connectivity index (χ0n) is 9.00. The predicted molar refractivity (Wildman–Crippen MR) is 55.3 cm³/mol. The molecule has 0 atom stereocenters. The standard InChI is InChI=1S/C11H19NO3/c13-8-11(3-4-11)7-12-10(14)9-1-5-15-6-2-9/h9,13H,1-8H2,(H,12,14). The van der Waals surface area contributed by atoms with Gasteiger partial charge < -0.3 is 15.2 Å². The summed E-state index contributed by atoms with van der Waals surface area (Å²) in [4.78, 5) is 11.7. The molecule has 0 unspecified atom stereocenters. The molecule has 2 rings (SSSR count). The van der Waals surface area contributed by atoms with Crippen molar-refractivity contribution in [3.63, 3.8) is 0 Å². The van der Waals surface area contributed by atoms with Crippen molar-refractivity contribution in [1.82, 2.24) is 5.32 Å². The maximum Gasteiger partial charge on any atom is 0.223 e. The number of carbonyl (C=O) groups excluding carboxylic acids is 1. The molecule has 0 aromatic carbocycles. The maximum atomic E-state index is 11.7. The first-order chi connectivity index (χ1) is 7.26. The van der Waals surface area contributed by atoms with Crippen molar-refractivity contribution in [2.24, 2.45) is 11.3 Å². The largest absolute Gasteiger partial charge is 0.396 e. The van der Waals surface area contributed by atoms with Gasteiger partial charge in [-0.1, -0.05) is 0 Å². The number of rotatable bonds is 4. The molecule has 1 saturated heterocycles. The van der Waals surface area contributed by atoms with Crippen LogP contribution in [0.1, 0.15) is 25.7 Å². The predicted octanol–water partition coefficient (Wildman–Crippen LogP) is 0.302. The Morgan fingerprint density at radius 3 is 2.60 bits per heavy atom. The van der Waals surface area contributed by atoms with Crippen LogP contribution in [0.3, 0.4) is 0 Å². The molecule has 86 valence electrons. The Hall–Kier alpha value is -0.610. The molecule has 1 aliphatic heterocycles. The van der Waals surface area contributed by atoms with Crippen molar-refractivity contribution in [2.45, 2.75) is 25.7 Å². The summed E-state index contributed by atoms with van der Waals surface area (Å²) in [6, 6.07) is 0. The summed E-state index contributed by atoms with van der Waals surface area (Å²) in [5, 5.41) is 12.1. The van der Waals surface area contributed by atoms with Crippen LogP contribution in [0.4, 0.5) is 0 Å². The fourth-order valence-corrected chi connectivity index (χ4v) is 1.95. The minimum absolute atomic E-state index is 0.0147. The van der Waals surface area contributed by atoms with E-state index in [1.807, 2.05) is 0 Å². The van der Waals surface area contributed by atoms with Gasteiger partial charge in [0.15, 0.2) is 0 Å².